The molecule has 0 aromatic heterocycles. The van der Waals surface area contributed by atoms with Crippen LogP contribution >= 0.6 is 23.2 Å². The van der Waals surface area contributed by atoms with Gasteiger partial charge in [0.1, 0.15) is 0 Å². The van der Waals surface area contributed by atoms with E-state index >= 15 is 0 Å². The molecule has 0 bridgehead atoms. The summed E-state index contributed by atoms with van der Waals surface area (Å²) in [4.78, 5) is 14.1. The second kappa shape index (κ2) is 8.97. The molecule has 134 valence electrons. The lowest BCUT2D eigenvalue weighted by molar-refractivity contribution is -0.130. The SMILES string of the molecule is COc1ccc(CN(C)C(=O)CCc2ccc(Cl)cc2Cl)cc1OC. The Morgan fingerprint density at radius 1 is 1.04 bits per heavy atom. The van der Waals surface area contributed by atoms with Gasteiger partial charge in [0.05, 0.1) is 14.2 Å². The van der Waals surface area contributed by atoms with Gasteiger partial charge in [-0.05, 0) is 41.8 Å². The Bertz CT molecular complexity index is 749. The molecule has 2 aromatic rings. The van der Waals surface area contributed by atoms with Crippen molar-refractivity contribution in [3.8, 4) is 11.5 Å². The molecule has 0 aliphatic rings. The maximum atomic E-state index is 12.4. The molecule has 0 heterocycles. The Kier molecular flexibility index (Phi) is 6.97. The second-order valence-corrected chi connectivity index (χ2v) is 6.52. The van der Waals surface area contributed by atoms with Crippen LogP contribution in [-0.2, 0) is 17.8 Å². The average molecular weight is 382 g/mol. The molecular formula is C19H21Cl2NO3. The summed E-state index contributed by atoms with van der Waals surface area (Å²) in [7, 11) is 4.96. The number of rotatable bonds is 7. The van der Waals surface area contributed by atoms with Crippen molar-refractivity contribution in [1.82, 2.24) is 4.90 Å². The number of carbonyl (C=O) groups is 1. The maximum absolute atomic E-state index is 12.4. The van der Waals surface area contributed by atoms with Gasteiger partial charge in [-0.2, -0.15) is 0 Å². The number of carbonyl (C=O) groups excluding carboxylic acids is 1. The zero-order chi connectivity index (χ0) is 18.4. The van der Waals surface area contributed by atoms with E-state index in [4.69, 9.17) is 32.7 Å². The first-order chi connectivity index (χ1) is 11.9. The maximum Gasteiger partial charge on any atom is 0.222 e. The zero-order valence-electron chi connectivity index (χ0n) is 14.5. The van der Waals surface area contributed by atoms with Crippen molar-refractivity contribution >= 4 is 29.1 Å². The number of ether oxygens (including phenoxy) is 2. The summed E-state index contributed by atoms with van der Waals surface area (Å²) in [5.41, 5.74) is 1.89. The van der Waals surface area contributed by atoms with Crippen LogP contribution in [0.3, 0.4) is 0 Å². The smallest absolute Gasteiger partial charge is 0.222 e. The van der Waals surface area contributed by atoms with Crippen LogP contribution in [0.5, 0.6) is 11.5 Å². The third-order valence-corrected chi connectivity index (χ3v) is 4.50. The largest absolute Gasteiger partial charge is 0.493 e. The molecule has 0 spiro atoms. The van der Waals surface area contributed by atoms with Crippen molar-refractivity contribution in [3.63, 3.8) is 0 Å². The Labute approximate surface area is 158 Å². The van der Waals surface area contributed by atoms with Crippen LogP contribution in [-0.4, -0.2) is 32.1 Å². The molecule has 0 unspecified atom stereocenters. The molecule has 0 saturated heterocycles. The average Bonchev–Trinajstić information content (AvgIpc) is 2.60. The third-order valence-electron chi connectivity index (χ3n) is 3.92. The Morgan fingerprint density at radius 2 is 1.76 bits per heavy atom. The number of methoxy groups -OCH3 is 2. The molecule has 0 aliphatic heterocycles. The monoisotopic (exact) mass is 381 g/mol. The van der Waals surface area contributed by atoms with E-state index in [1.807, 2.05) is 24.3 Å². The molecule has 0 saturated carbocycles. The summed E-state index contributed by atoms with van der Waals surface area (Å²) >= 11 is 12.0. The summed E-state index contributed by atoms with van der Waals surface area (Å²) in [6.07, 6.45) is 0.955. The summed E-state index contributed by atoms with van der Waals surface area (Å²) in [5, 5.41) is 1.17. The number of nitrogens with zero attached hydrogens (tertiary/aromatic N) is 1. The van der Waals surface area contributed by atoms with Gasteiger partial charge >= 0.3 is 0 Å². The van der Waals surface area contributed by atoms with Crippen molar-refractivity contribution in [1.29, 1.82) is 0 Å². The highest BCUT2D eigenvalue weighted by Gasteiger charge is 2.12. The van der Waals surface area contributed by atoms with Gasteiger partial charge in [0.15, 0.2) is 11.5 Å². The fourth-order valence-corrected chi connectivity index (χ4v) is 3.00. The van der Waals surface area contributed by atoms with Gasteiger partial charge in [-0.3, -0.25) is 4.79 Å². The predicted octanol–water partition coefficient (Wildman–Crippen LogP) is 4.60. The summed E-state index contributed by atoms with van der Waals surface area (Å²) in [6.45, 7) is 0.494. The fraction of sp³-hybridized carbons (Fsp3) is 0.316. The van der Waals surface area contributed by atoms with E-state index in [0.29, 0.717) is 40.9 Å². The minimum absolute atomic E-state index is 0.0424. The molecule has 25 heavy (non-hydrogen) atoms. The van der Waals surface area contributed by atoms with Gasteiger partial charge in [0.25, 0.3) is 0 Å². The van der Waals surface area contributed by atoms with Crippen LogP contribution in [0.15, 0.2) is 36.4 Å². The molecule has 0 aliphatic carbocycles. The first kappa shape index (κ1) is 19.4. The van der Waals surface area contributed by atoms with E-state index in [2.05, 4.69) is 0 Å². The van der Waals surface area contributed by atoms with E-state index in [0.717, 1.165) is 11.1 Å². The van der Waals surface area contributed by atoms with E-state index in [-0.39, 0.29) is 5.91 Å². The number of benzene rings is 2. The Morgan fingerprint density at radius 3 is 2.40 bits per heavy atom. The Hall–Kier alpha value is -1.91. The third kappa shape index (κ3) is 5.28. The topological polar surface area (TPSA) is 38.8 Å². The summed E-state index contributed by atoms with van der Waals surface area (Å²) in [5.74, 6) is 1.35. The van der Waals surface area contributed by atoms with Crippen molar-refractivity contribution < 1.29 is 14.3 Å². The van der Waals surface area contributed by atoms with Crippen LogP contribution in [0, 0.1) is 0 Å². The molecule has 2 aromatic carbocycles. The Balaban J connectivity index is 1.96. The van der Waals surface area contributed by atoms with Gasteiger partial charge in [-0.1, -0.05) is 35.3 Å². The van der Waals surface area contributed by atoms with Crippen molar-refractivity contribution in [2.45, 2.75) is 19.4 Å². The molecule has 0 N–H and O–H groups in total. The standard InChI is InChI=1S/C19H21Cl2NO3/c1-22(12-13-4-8-17(24-2)18(10-13)25-3)19(23)9-6-14-5-7-15(20)11-16(14)21/h4-5,7-8,10-11H,6,9,12H2,1-3H3. The molecule has 2 rings (SSSR count). The van der Waals surface area contributed by atoms with Crippen LogP contribution in [0.1, 0.15) is 17.5 Å². The highest BCUT2D eigenvalue weighted by molar-refractivity contribution is 6.35. The first-order valence-electron chi connectivity index (χ1n) is 7.83. The zero-order valence-corrected chi connectivity index (χ0v) is 16.0. The number of halogens is 2. The lowest BCUT2D eigenvalue weighted by Crippen LogP contribution is -2.26. The number of hydrogen-bond donors (Lipinski definition) is 0. The lowest BCUT2D eigenvalue weighted by atomic mass is 10.1. The summed E-state index contributed by atoms with van der Waals surface area (Å²) in [6, 6.07) is 10.9. The summed E-state index contributed by atoms with van der Waals surface area (Å²) < 4.78 is 10.5. The number of amides is 1. The highest BCUT2D eigenvalue weighted by Crippen LogP contribution is 2.28. The minimum atomic E-state index is 0.0424. The fourth-order valence-electron chi connectivity index (χ4n) is 2.50. The van der Waals surface area contributed by atoms with Crippen LogP contribution < -0.4 is 9.47 Å². The van der Waals surface area contributed by atoms with Gasteiger partial charge in [-0.25, -0.2) is 0 Å². The van der Waals surface area contributed by atoms with E-state index in [9.17, 15) is 4.79 Å². The van der Waals surface area contributed by atoms with Gasteiger partial charge in [0.2, 0.25) is 5.91 Å². The van der Waals surface area contributed by atoms with Crippen LogP contribution in [0.25, 0.3) is 0 Å². The first-order valence-corrected chi connectivity index (χ1v) is 8.59. The molecule has 0 fully saturated rings. The quantitative estimate of drug-likeness (QED) is 0.703. The van der Waals surface area contributed by atoms with Crippen LogP contribution in [0.4, 0.5) is 0 Å². The second-order valence-electron chi connectivity index (χ2n) is 5.67. The molecule has 0 atom stereocenters. The minimum Gasteiger partial charge on any atom is -0.493 e. The molecule has 0 radical (unpaired) electrons. The molecule has 1 amide bonds. The van der Waals surface area contributed by atoms with Crippen molar-refractivity contribution in [2.75, 3.05) is 21.3 Å². The lowest BCUT2D eigenvalue weighted by Gasteiger charge is -2.18. The van der Waals surface area contributed by atoms with Crippen LogP contribution in [0.2, 0.25) is 10.0 Å². The predicted molar refractivity (Wildman–Crippen MR) is 101 cm³/mol. The van der Waals surface area contributed by atoms with E-state index < -0.39 is 0 Å². The van der Waals surface area contributed by atoms with E-state index in [1.165, 1.54) is 0 Å². The van der Waals surface area contributed by atoms with Gasteiger partial charge in [-0.15, -0.1) is 0 Å². The van der Waals surface area contributed by atoms with Crippen molar-refractivity contribution in [3.05, 3.63) is 57.6 Å². The molecule has 6 heteroatoms. The number of hydrogen-bond acceptors (Lipinski definition) is 3. The van der Waals surface area contributed by atoms with Gasteiger partial charge in [0, 0.05) is 30.1 Å². The molecular weight excluding hydrogens is 361 g/mol. The highest BCUT2D eigenvalue weighted by atomic mass is 35.5. The van der Waals surface area contributed by atoms with E-state index in [1.54, 1.807) is 38.3 Å². The normalized spacial score (nSPS) is 10.4. The molecule has 4 nitrogen and oxygen atoms in total. The van der Waals surface area contributed by atoms with Gasteiger partial charge < -0.3 is 14.4 Å². The van der Waals surface area contributed by atoms with Crippen molar-refractivity contribution in [2.24, 2.45) is 0 Å². The number of aryl methyl sites for hydroxylation is 1.